The summed E-state index contributed by atoms with van der Waals surface area (Å²) in [4.78, 5) is 24.4. The standard InChI is InChI=1S/C28H37N5O3S/c1-4-5-14-33(28-29-26(30-37-28)21-22-9-8-10-23(20-22)35-2)15-13-27(34)32-18-16-31(17-19-32)24-11-6-7-12-25(24)36-3/h6-12,20H,4-5,13-19,21H2,1-3H3. The normalized spacial score (nSPS) is 13.5. The summed E-state index contributed by atoms with van der Waals surface area (Å²) in [7, 11) is 3.37. The monoisotopic (exact) mass is 523 g/mol. The van der Waals surface area contributed by atoms with Gasteiger partial charge in [-0.3, -0.25) is 4.79 Å². The highest BCUT2D eigenvalue weighted by Gasteiger charge is 2.23. The molecule has 8 nitrogen and oxygen atoms in total. The van der Waals surface area contributed by atoms with E-state index in [1.807, 2.05) is 41.3 Å². The van der Waals surface area contributed by atoms with Crippen LogP contribution in [-0.2, 0) is 11.2 Å². The molecular formula is C28H37N5O3S. The topological polar surface area (TPSA) is 71.0 Å². The third kappa shape index (κ3) is 7.13. The van der Waals surface area contributed by atoms with Crippen LogP contribution in [-0.4, -0.2) is 73.7 Å². The first-order valence-electron chi connectivity index (χ1n) is 13.0. The second-order valence-electron chi connectivity index (χ2n) is 9.15. The van der Waals surface area contributed by atoms with Crippen molar-refractivity contribution >= 4 is 28.3 Å². The first-order valence-corrected chi connectivity index (χ1v) is 13.7. The molecule has 1 amide bonds. The minimum Gasteiger partial charge on any atom is -0.497 e. The summed E-state index contributed by atoms with van der Waals surface area (Å²) in [5.74, 6) is 2.70. The lowest BCUT2D eigenvalue weighted by atomic mass is 10.1. The maximum atomic E-state index is 13.1. The van der Waals surface area contributed by atoms with Crippen molar-refractivity contribution in [3.63, 3.8) is 0 Å². The second-order valence-corrected chi connectivity index (χ2v) is 9.88. The van der Waals surface area contributed by atoms with Crippen molar-refractivity contribution in [1.82, 2.24) is 14.3 Å². The number of methoxy groups -OCH3 is 2. The lowest BCUT2D eigenvalue weighted by Gasteiger charge is -2.37. The van der Waals surface area contributed by atoms with Gasteiger partial charge in [0.05, 0.1) is 19.9 Å². The van der Waals surface area contributed by atoms with Crippen molar-refractivity contribution in [3.8, 4) is 11.5 Å². The van der Waals surface area contributed by atoms with Gasteiger partial charge in [-0.1, -0.05) is 37.6 Å². The fourth-order valence-electron chi connectivity index (χ4n) is 4.54. The van der Waals surface area contributed by atoms with E-state index in [4.69, 9.17) is 14.5 Å². The van der Waals surface area contributed by atoms with Crippen molar-refractivity contribution in [2.24, 2.45) is 0 Å². The van der Waals surface area contributed by atoms with E-state index in [0.29, 0.717) is 19.4 Å². The van der Waals surface area contributed by atoms with Gasteiger partial charge in [0.1, 0.15) is 17.3 Å². The number of amides is 1. The highest BCUT2D eigenvalue weighted by Crippen LogP contribution is 2.28. The Bertz CT molecular complexity index is 1150. The Morgan fingerprint density at radius 1 is 1.03 bits per heavy atom. The van der Waals surface area contributed by atoms with E-state index in [-0.39, 0.29) is 5.91 Å². The predicted molar refractivity (Wildman–Crippen MR) is 149 cm³/mol. The zero-order valence-electron chi connectivity index (χ0n) is 22.1. The molecule has 0 bridgehead atoms. The number of nitrogens with zero attached hydrogens (tertiary/aromatic N) is 5. The number of hydrogen-bond acceptors (Lipinski definition) is 8. The van der Waals surface area contributed by atoms with E-state index in [9.17, 15) is 4.79 Å². The number of benzene rings is 2. The minimum absolute atomic E-state index is 0.197. The first-order chi connectivity index (χ1) is 18.1. The van der Waals surface area contributed by atoms with Crippen LogP contribution in [0.25, 0.3) is 0 Å². The molecule has 2 aromatic carbocycles. The Morgan fingerprint density at radius 3 is 2.59 bits per heavy atom. The summed E-state index contributed by atoms with van der Waals surface area (Å²) >= 11 is 1.42. The number of unbranched alkanes of at least 4 members (excludes halogenated alkanes) is 1. The maximum Gasteiger partial charge on any atom is 0.224 e. The average molecular weight is 524 g/mol. The van der Waals surface area contributed by atoms with Crippen LogP contribution in [0, 0.1) is 0 Å². The fourth-order valence-corrected chi connectivity index (χ4v) is 5.28. The van der Waals surface area contributed by atoms with Crippen molar-refractivity contribution in [3.05, 3.63) is 59.9 Å². The molecule has 0 N–H and O–H groups in total. The van der Waals surface area contributed by atoms with Gasteiger partial charge in [-0.25, -0.2) is 4.98 Å². The third-order valence-corrected chi connectivity index (χ3v) is 7.47. The smallest absolute Gasteiger partial charge is 0.224 e. The van der Waals surface area contributed by atoms with Gasteiger partial charge in [0.15, 0.2) is 0 Å². The van der Waals surface area contributed by atoms with Gasteiger partial charge in [0.25, 0.3) is 0 Å². The number of aromatic nitrogens is 2. The van der Waals surface area contributed by atoms with Crippen LogP contribution in [0.2, 0.25) is 0 Å². The SMILES string of the molecule is CCCCN(CCC(=O)N1CCN(c2ccccc2OC)CC1)c1nc(Cc2cccc(OC)c2)ns1. The Morgan fingerprint density at radius 2 is 1.84 bits per heavy atom. The van der Waals surface area contributed by atoms with Crippen LogP contribution >= 0.6 is 11.5 Å². The van der Waals surface area contributed by atoms with Gasteiger partial charge in [-0.05, 0) is 36.2 Å². The summed E-state index contributed by atoms with van der Waals surface area (Å²) in [6.07, 6.45) is 3.27. The molecule has 0 spiro atoms. The van der Waals surface area contributed by atoms with Crippen molar-refractivity contribution < 1.29 is 14.3 Å². The number of anilines is 2. The number of piperazine rings is 1. The summed E-state index contributed by atoms with van der Waals surface area (Å²) in [6.45, 7) is 6.74. The molecule has 1 aliphatic heterocycles. The van der Waals surface area contributed by atoms with Gasteiger partial charge in [0.2, 0.25) is 11.0 Å². The highest BCUT2D eigenvalue weighted by atomic mass is 32.1. The summed E-state index contributed by atoms with van der Waals surface area (Å²) in [6, 6.07) is 16.1. The van der Waals surface area contributed by atoms with Gasteiger partial charge < -0.3 is 24.2 Å². The summed E-state index contributed by atoms with van der Waals surface area (Å²) < 4.78 is 15.4. The molecule has 0 unspecified atom stereocenters. The van der Waals surface area contributed by atoms with Crippen molar-refractivity contribution in [2.75, 3.05) is 63.3 Å². The van der Waals surface area contributed by atoms with E-state index in [1.54, 1.807) is 14.2 Å². The Balaban J connectivity index is 1.32. The van der Waals surface area contributed by atoms with Crippen LogP contribution in [0.3, 0.4) is 0 Å². The Kier molecular flexibility index (Phi) is 9.59. The lowest BCUT2D eigenvalue weighted by molar-refractivity contribution is -0.131. The molecule has 2 heterocycles. The van der Waals surface area contributed by atoms with Crippen molar-refractivity contribution in [2.45, 2.75) is 32.6 Å². The number of rotatable bonds is 12. The number of carbonyl (C=O) groups excluding carboxylic acids is 1. The zero-order valence-corrected chi connectivity index (χ0v) is 22.9. The fraction of sp³-hybridized carbons (Fsp3) is 0.464. The zero-order chi connectivity index (χ0) is 26.0. The molecule has 1 aromatic heterocycles. The molecule has 1 aliphatic rings. The number of para-hydroxylation sites is 2. The molecular weight excluding hydrogens is 486 g/mol. The Hall–Kier alpha value is -3.33. The van der Waals surface area contributed by atoms with E-state index in [2.05, 4.69) is 33.2 Å². The van der Waals surface area contributed by atoms with E-state index in [0.717, 1.165) is 79.3 Å². The van der Waals surface area contributed by atoms with Crippen LogP contribution in [0.5, 0.6) is 11.5 Å². The third-order valence-electron chi connectivity index (χ3n) is 6.66. The van der Waals surface area contributed by atoms with E-state index >= 15 is 0 Å². The quantitative estimate of drug-likeness (QED) is 0.346. The molecule has 0 atom stereocenters. The number of ether oxygens (including phenoxy) is 2. The molecule has 1 fully saturated rings. The van der Waals surface area contributed by atoms with Crippen LogP contribution in [0.1, 0.15) is 37.6 Å². The van der Waals surface area contributed by atoms with Gasteiger partial charge in [-0.15, -0.1) is 0 Å². The minimum atomic E-state index is 0.197. The molecule has 0 saturated carbocycles. The molecule has 4 rings (SSSR count). The molecule has 37 heavy (non-hydrogen) atoms. The number of carbonyl (C=O) groups is 1. The first kappa shape index (κ1) is 26.7. The molecule has 0 radical (unpaired) electrons. The van der Waals surface area contributed by atoms with Crippen LogP contribution < -0.4 is 19.3 Å². The molecule has 0 aliphatic carbocycles. The molecule has 9 heteroatoms. The Labute approximate surface area is 224 Å². The second kappa shape index (κ2) is 13.3. The molecule has 198 valence electrons. The molecule has 1 saturated heterocycles. The van der Waals surface area contributed by atoms with E-state index in [1.165, 1.54) is 11.5 Å². The van der Waals surface area contributed by atoms with Crippen LogP contribution in [0.4, 0.5) is 10.8 Å². The largest absolute Gasteiger partial charge is 0.497 e. The molecule has 3 aromatic rings. The van der Waals surface area contributed by atoms with Crippen molar-refractivity contribution in [1.29, 1.82) is 0 Å². The lowest BCUT2D eigenvalue weighted by Crippen LogP contribution is -2.49. The number of hydrogen-bond donors (Lipinski definition) is 0. The van der Waals surface area contributed by atoms with E-state index < -0.39 is 0 Å². The average Bonchev–Trinajstić information content (AvgIpc) is 3.41. The van der Waals surface area contributed by atoms with Gasteiger partial charge in [-0.2, -0.15) is 4.37 Å². The summed E-state index contributed by atoms with van der Waals surface area (Å²) in [5, 5.41) is 0.889. The van der Waals surface area contributed by atoms with Gasteiger partial charge in [0, 0.05) is 63.6 Å². The summed E-state index contributed by atoms with van der Waals surface area (Å²) in [5.41, 5.74) is 2.20. The predicted octanol–water partition coefficient (Wildman–Crippen LogP) is 4.49. The van der Waals surface area contributed by atoms with Gasteiger partial charge >= 0.3 is 0 Å². The highest BCUT2D eigenvalue weighted by molar-refractivity contribution is 7.09. The maximum absolute atomic E-state index is 13.1. The van der Waals surface area contributed by atoms with Crippen LogP contribution in [0.15, 0.2) is 48.5 Å².